The van der Waals surface area contributed by atoms with Crippen LogP contribution >= 0.6 is 0 Å². The van der Waals surface area contributed by atoms with Crippen LogP contribution in [-0.4, -0.2) is 39.9 Å². The number of halogens is 1. The summed E-state index contributed by atoms with van der Waals surface area (Å²) in [5, 5.41) is 16.7. The number of methoxy groups -OCH3 is 1. The zero-order valence-corrected chi connectivity index (χ0v) is 18.0. The molecule has 11 heteroatoms. The van der Waals surface area contributed by atoms with Gasteiger partial charge in [-0.2, -0.15) is 10.4 Å². The minimum Gasteiger partial charge on any atom is -0.467 e. The quantitative estimate of drug-likeness (QED) is 0.529. The number of carbonyl (C=O) groups excluding carboxylic acids is 1. The number of nitrogens with two attached hydrogens (primary N) is 1. The number of hydrogen-bond acceptors (Lipinski definition) is 9. The molecule has 0 amide bonds. The molecule has 0 bridgehead atoms. The number of esters is 1. The lowest BCUT2D eigenvalue weighted by atomic mass is 10.0. The number of nitrogens with one attached hydrogen (secondary N) is 1. The highest BCUT2D eigenvalue weighted by Crippen LogP contribution is 2.31. The van der Waals surface area contributed by atoms with Gasteiger partial charge in [0, 0.05) is 19.2 Å². The normalized spacial score (nSPS) is 11.6. The van der Waals surface area contributed by atoms with Crippen molar-refractivity contribution in [1.29, 1.82) is 5.26 Å². The fourth-order valence-electron chi connectivity index (χ4n) is 3.26. The average Bonchev–Trinajstić information content (AvgIpc) is 3.10. The topological polar surface area (TPSA) is 141 Å². The molecule has 0 aliphatic heterocycles. The van der Waals surface area contributed by atoms with Gasteiger partial charge in [-0.1, -0.05) is 0 Å². The van der Waals surface area contributed by atoms with E-state index >= 15 is 0 Å². The lowest BCUT2D eigenvalue weighted by molar-refractivity contribution is 0.0595. The van der Waals surface area contributed by atoms with E-state index in [0.29, 0.717) is 17.8 Å². The molecule has 3 rings (SSSR count). The molecule has 3 N–H and O–H groups in total. The van der Waals surface area contributed by atoms with Crippen LogP contribution in [0, 0.1) is 17.1 Å². The predicted molar refractivity (Wildman–Crippen MR) is 113 cm³/mol. The van der Waals surface area contributed by atoms with Crippen molar-refractivity contribution in [2.24, 2.45) is 7.05 Å². The van der Waals surface area contributed by atoms with E-state index in [0.717, 1.165) is 11.8 Å². The maximum Gasteiger partial charge on any atom is 0.338 e. The molecule has 0 saturated carbocycles. The summed E-state index contributed by atoms with van der Waals surface area (Å²) in [4.78, 5) is 20.7. The first-order valence-corrected chi connectivity index (χ1v) is 9.58. The number of rotatable bonds is 7. The van der Waals surface area contributed by atoms with Crippen molar-refractivity contribution in [3.05, 3.63) is 52.7 Å². The molecule has 10 nitrogen and oxygen atoms in total. The number of benzene rings is 1. The zero-order valence-electron chi connectivity index (χ0n) is 18.0. The molecule has 32 heavy (non-hydrogen) atoms. The monoisotopic (exact) mass is 439 g/mol. The van der Waals surface area contributed by atoms with E-state index in [1.807, 2.05) is 0 Å². The standard InChI is InChI=1S/C21H22FN7O3/c1-11(14-7-12(22)5-6-13(14)21(30)31-4)32-20-19(24)26-9-16(27-20)18-15(8-23)28-29(3)17(18)10-25-2/h5-7,9,11,25H,10H2,1-4H3,(H2,24,26). The molecule has 0 aliphatic carbocycles. The molecular weight excluding hydrogens is 417 g/mol. The van der Waals surface area contributed by atoms with E-state index < -0.39 is 17.9 Å². The van der Waals surface area contributed by atoms with Gasteiger partial charge in [-0.15, -0.1) is 0 Å². The van der Waals surface area contributed by atoms with Crippen molar-refractivity contribution in [2.75, 3.05) is 19.9 Å². The van der Waals surface area contributed by atoms with E-state index in [-0.39, 0.29) is 28.5 Å². The van der Waals surface area contributed by atoms with Gasteiger partial charge in [0.2, 0.25) is 0 Å². The highest BCUT2D eigenvalue weighted by Gasteiger charge is 2.23. The van der Waals surface area contributed by atoms with Crippen molar-refractivity contribution >= 4 is 11.8 Å². The van der Waals surface area contributed by atoms with Crippen LogP contribution in [-0.2, 0) is 18.3 Å². The fraction of sp³-hybridized carbons (Fsp3) is 0.286. The lowest BCUT2D eigenvalue weighted by Crippen LogP contribution is -2.14. The second-order valence-electron chi connectivity index (χ2n) is 6.86. The van der Waals surface area contributed by atoms with Gasteiger partial charge in [-0.3, -0.25) is 4.68 Å². The number of nitrogen functional groups attached to an aromatic ring is 1. The second-order valence-corrected chi connectivity index (χ2v) is 6.86. The van der Waals surface area contributed by atoms with Gasteiger partial charge in [-0.05, 0) is 32.2 Å². The Kier molecular flexibility index (Phi) is 6.65. The van der Waals surface area contributed by atoms with Crippen LogP contribution in [0.25, 0.3) is 11.3 Å². The Balaban J connectivity index is 2.03. The summed E-state index contributed by atoms with van der Waals surface area (Å²) < 4.78 is 26.1. The zero-order chi connectivity index (χ0) is 23.4. The number of aromatic nitrogens is 4. The van der Waals surface area contributed by atoms with E-state index in [9.17, 15) is 14.4 Å². The summed E-state index contributed by atoms with van der Waals surface area (Å²) in [6.45, 7) is 2.05. The Labute approximate surface area is 183 Å². The van der Waals surface area contributed by atoms with E-state index in [4.69, 9.17) is 15.2 Å². The van der Waals surface area contributed by atoms with Gasteiger partial charge in [-0.25, -0.2) is 19.2 Å². The molecule has 2 aromatic heterocycles. The van der Waals surface area contributed by atoms with Crippen LogP contribution in [0.3, 0.4) is 0 Å². The third-order valence-corrected chi connectivity index (χ3v) is 4.78. The maximum atomic E-state index is 13.9. The number of nitrogens with zero attached hydrogens (tertiary/aromatic N) is 5. The molecule has 0 spiro atoms. The lowest BCUT2D eigenvalue weighted by Gasteiger charge is -2.18. The molecule has 0 saturated heterocycles. The highest BCUT2D eigenvalue weighted by molar-refractivity contribution is 5.91. The van der Waals surface area contributed by atoms with Gasteiger partial charge in [0.05, 0.1) is 35.8 Å². The third-order valence-electron chi connectivity index (χ3n) is 4.78. The van der Waals surface area contributed by atoms with Gasteiger partial charge in [0.25, 0.3) is 5.88 Å². The van der Waals surface area contributed by atoms with Gasteiger partial charge >= 0.3 is 5.97 Å². The van der Waals surface area contributed by atoms with E-state index in [1.165, 1.54) is 25.4 Å². The fourth-order valence-corrected chi connectivity index (χ4v) is 3.26. The third kappa shape index (κ3) is 4.35. The molecule has 0 radical (unpaired) electrons. The minimum absolute atomic E-state index is 0.00538. The molecular formula is C21H22FN7O3. The second kappa shape index (κ2) is 9.40. The van der Waals surface area contributed by atoms with Crippen LogP contribution in [0.1, 0.15) is 40.3 Å². The number of carbonyl (C=O) groups is 1. The van der Waals surface area contributed by atoms with E-state index in [1.54, 1.807) is 25.7 Å². The number of anilines is 1. The first kappa shape index (κ1) is 22.6. The first-order valence-electron chi connectivity index (χ1n) is 9.58. The molecule has 0 fully saturated rings. The summed E-state index contributed by atoms with van der Waals surface area (Å²) in [6, 6.07) is 5.72. The predicted octanol–water partition coefficient (Wildman–Crippen LogP) is 2.12. The van der Waals surface area contributed by atoms with Gasteiger partial charge in [0.1, 0.15) is 18.0 Å². The van der Waals surface area contributed by atoms with Crippen LogP contribution in [0.5, 0.6) is 5.88 Å². The van der Waals surface area contributed by atoms with Crippen molar-refractivity contribution in [3.8, 4) is 23.2 Å². The van der Waals surface area contributed by atoms with Crippen molar-refractivity contribution in [2.45, 2.75) is 19.6 Å². The van der Waals surface area contributed by atoms with Crippen molar-refractivity contribution in [1.82, 2.24) is 25.1 Å². The van der Waals surface area contributed by atoms with Crippen molar-refractivity contribution in [3.63, 3.8) is 0 Å². The summed E-state index contributed by atoms with van der Waals surface area (Å²) in [5.74, 6) is -1.21. The Bertz CT molecular complexity index is 1200. The highest BCUT2D eigenvalue weighted by atomic mass is 19.1. The molecule has 1 atom stereocenters. The minimum atomic E-state index is -0.812. The summed E-state index contributed by atoms with van der Waals surface area (Å²) in [5.41, 5.74) is 8.10. The number of nitriles is 1. The van der Waals surface area contributed by atoms with E-state index in [2.05, 4.69) is 26.5 Å². The molecule has 0 aliphatic rings. The molecule has 2 heterocycles. The van der Waals surface area contributed by atoms with Crippen LogP contribution in [0.15, 0.2) is 24.4 Å². The number of hydrogen-bond donors (Lipinski definition) is 2. The Morgan fingerprint density at radius 3 is 2.84 bits per heavy atom. The number of aryl methyl sites for hydroxylation is 1. The largest absolute Gasteiger partial charge is 0.467 e. The van der Waals surface area contributed by atoms with Gasteiger partial charge in [0.15, 0.2) is 11.5 Å². The SMILES string of the molecule is CNCc1c(-c2cnc(N)c(OC(C)c3cc(F)ccc3C(=O)OC)n2)c(C#N)nn1C. The van der Waals surface area contributed by atoms with Crippen LogP contribution in [0.2, 0.25) is 0 Å². The van der Waals surface area contributed by atoms with Gasteiger partial charge < -0.3 is 20.5 Å². The molecule has 166 valence electrons. The number of ether oxygens (including phenoxy) is 2. The Morgan fingerprint density at radius 2 is 2.19 bits per heavy atom. The average molecular weight is 439 g/mol. The maximum absolute atomic E-state index is 13.9. The Hall–Kier alpha value is -4.04. The summed E-state index contributed by atoms with van der Waals surface area (Å²) >= 11 is 0. The summed E-state index contributed by atoms with van der Waals surface area (Å²) in [6.07, 6.45) is 0.610. The first-order chi connectivity index (χ1) is 15.3. The Morgan fingerprint density at radius 1 is 1.44 bits per heavy atom. The summed E-state index contributed by atoms with van der Waals surface area (Å²) in [7, 11) is 4.72. The smallest absolute Gasteiger partial charge is 0.338 e. The molecule has 1 aromatic carbocycles. The molecule has 1 unspecified atom stereocenters. The van der Waals surface area contributed by atoms with Crippen LogP contribution in [0.4, 0.5) is 10.2 Å². The van der Waals surface area contributed by atoms with Crippen LogP contribution < -0.4 is 15.8 Å². The van der Waals surface area contributed by atoms with Crippen molar-refractivity contribution < 1.29 is 18.7 Å². The molecule has 3 aromatic rings.